The van der Waals surface area contributed by atoms with Gasteiger partial charge in [0.1, 0.15) is 5.58 Å². The molecule has 0 radical (unpaired) electrons. The molecular weight excluding hydrogens is 172 g/mol. The largest absolute Gasteiger partial charge is 0.464 e. The molecule has 0 spiro atoms. The molecule has 12 heavy (non-hydrogen) atoms. The minimum absolute atomic E-state index is 0.768. The van der Waals surface area contributed by atoms with Gasteiger partial charge in [0, 0.05) is 10.4 Å². The van der Waals surface area contributed by atoms with Crippen molar-refractivity contribution in [1.82, 2.24) is 0 Å². The molecule has 2 heteroatoms. The van der Waals surface area contributed by atoms with E-state index in [0.29, 0.717) is 0 Å². The van der Waals surface area contributed by atoms with Gasteiger partial charge in [0.2, 0.25) is 0 Å². The second kappa shape index (κ2) is 2.53. The van der Waals surface area contributed by atoms with Gasteiger partial charge in [-0.05, 0) is 37.1 Å². The molecule has 0 saturated carbocycles. The van der Waals surface area contributed by atoms with E-state index in [1.165, 1.54) is 0 Å². The summed E-state index contributed by atoms with van der Waals surface area (Å²) in [7, 11) is 0. The highest BCUT2D eigenvalue weighted by molar-refractivity contribution is 6.31. The highest BCUT2D eigenvalue weighted by Gasteiger charge is 2.05. The molecule has 0 unspecified atom stereocenters. The van der Waals surface area contributed by atoms with Gasteiger partial charge in [0.25, 0.3) is 0 Å². The smallest absolute Gasteiger partial charge is 0.137 e. The normalized spacial score (nSPS) is 10.9. The summed E-state index contributed by atoms with van der Waals surface area (Å²) >= 11 is 5.91. The first kappa shape index (κ1) is 7.69. The monoisotopic (exact) mass is 180 g/mol. The van der Waals surface area contributed by atoms with Crippen molar-refractivity contribution < 1.29 is 4.42 Å². The molecule has 1 nitrogen and oxygen atoms in total. The van der Waals surface area contributed by atoms with Gasteiger partial charge in [-0.1, -0.05) is 11.6 Å². The van der Waals surface area contributed by atoms with Gasteiger partial charge in [-0.15, -0.1) is 0 Å². The Morgan fingerprint density at radius 2 is 1.92 bits per heavy atom. The van der Waals surface area contributed by atoms with Crippen molar-refractivity contribution in [3.8, 4) is 0 Å². The quantitative estimate of drug-likeness (QED) is 0.603. The first-order chi connectivity index (χ1) is 5.68. The van der Waals surface area contributed by atoms with Gasteiger partial charge >= 0.3 is 0 Å². The molecule has 0 amide bonds. The Morgan fingerprint density at radius 3 is 2.67 bits per heavy atom. The van der Waals surface area contributed by atoms with Crippen LogP contribution < -0.4 is 0 Å². The van der Waals surface area contributed by atoms with Gasteiger partial charge in [0.15, 0.2) is 0 Å². The molecule has 1 heterocycles. The Kier molecular flexibility index (Phi) is 1.62. The van der Waals surface area contributed by atoms with Crippen LogP contribution in [0.3, 0.4) is 0 Å². The maximum atomic E-state index is 5.91. The molecular formula is C10H9ClO. The predicted molar refractivity (Wildman–Crippen MR) is 50.7 cm³/mol. The highest BCUT2D eigenvalue weighted by Crippen LogP contribution is 2.27. The maximum absolute atomic E-state index is 5.91. The Balaban J connectivity index is 2.92. The number of halogens is 1. The first-order valence-electron chi connectivity index (χ1n) is 3.82. The molecule has 0 saturated heterocycles. The number of benzene rings is 1. The summed E-state index contributed by atoms with van der Waals surface area (Å²) in [6.45, 7) is 4.01. The zero-order valence-corrected chi connectivity index (χ0v) is 7.77. The number of rotatable bonds is 0. The molecule has 1 aromatic carbocycles. The number of fused-ring (bicyclic) bond motifs is 1. The summed E-state index contributed by atoms with van der Waals surface area (Å²) in [5.74, 6) is 0. The zero-order chi connectivity index (χ0) is 8.72. The third-order valence-corrected chi connectivity index (χ3v) is 2.24. The van der Waals surface area contributed by atoms with Crippen molar-refractivity contribution in [3.63, 3.8) is 0 Å². The van der Waals surface area contributed by atoms with Gasteiger partial charge in [0.05, 0.1) is 6.26 Å². The Hall–Kier alpha value is -0.950. The third-order valence-electron chi connectivity index (χ3n) is 2.02. The molecule has 0 aliphatic heterocycles. The minimum Gasteiger partial charge on any atom is -0.464 e. The number of furan rings is 1. The summed E-state index contributed by atoms with van der Waals surface area (Å²) in [6.07, 6.45) is 1.76. The van der Waals surface area contributed by atoms with Crippen molar-refractivity contribution in [3.05, 3.63) is 34.5 Å². The summed E-state index contributed by atoms with van der Waals surface area (Å²) in [6, 6.07) is 3.84. The average Bonchev–Trinajstić information content (AvgIpc) is 2.33. The fourth-order valence-corrected chi connectivity index (χ4v) is 1.66. The second-order valence-corrected chi connectivity index (χ2v) is 3.45. The van der Waals surface area contributed by atoms with Crippen molar-refractivity contribution in [2.45, 2.75) is 13.8 Å². The van der Waals surface area contributed by atoms with Gasteiger partial charge in [-0.3, -0.25) is 0 Å². The molecule has 0 bridgehead atoms. The number of aryl methyl sites for hydroxylation is 2. The van der Waals surface area contributed by atoms with E-state index in [4.69, 9.17) is 16.0 Å². The van der Waals surface area contributed by atoms with Crippen LogP contribution in [0.25, 0.3) is 11.0 Å². The lowest BCUT2D eigenvalue weighted by molar-refractivity contribution is 0.610. The minimum atomic E-state index is 0.768. The van der Waals surface area contributed by atoms with Gasteiger partial charge < -0.3 is 4.42 Å². The SMILES string of the molecule is Cc1coc2c(C)cc(Cl)cc12. The lowest BCUT2D eigenvalue weighted by Gasteiger charge is -1.95. The zero-order valence-electron chi connectivity index (χ0n) is 7.02. The summed E-state index contributed by atoms with van der Waals surface area (Å²) < 4.78 is 5.38. The summed E-state index contributed by atoms with van der Waals surface area (Å²) in [4.78, 5) is 0. The van der Waals surface area contributed by atoms with Crippen LogP contribution in [0.2, 0.25) is 5.02 Å². The lowest BCUT2D eigenvalue weighted by Crippen LogP contribution is -1.74. The van der Waals surface area contributed by atoms with Crippen LogP contribution in [0.5, 0.6) is 0 Å². The van der Waals surface area contributed by atoms with E-state index in [9.17, 15) is 0 Å². The molecule has 1 aromatic heterocycles. The first-order valence-corrected chi connectivity index (χ1v) is 4.20. The van der Waals surface area contributed by atoms with E-state index in [2.05, 4.69) is 0 Å². The molecule has 0 aliphatic rings. The molecule has 2 rings (SSSR count). The summed E-state index contributed by atoms with van der Waals surface area (Å²) in [5, 5.41) is 1.88. The molecule has 62 valence electrons. The van der Waals surface area contributed by atoms with E-state index in [1.807, 2.05) is 26.0 Å². The van der Waals surface area contributed by atoms with Crippen LogP contribution in [0.15, 0.2) is 22.8 Å². The van der Waals surface area contributed by atoms with Crippen LogP contribution in [0.4, 0.5) is 0 Å². The van der Waals surface area contributed by atoms with Crippen molar-refractivity contribution in [2.24, 2.45) is 0 Å². The van der Waals surface area contributed by atoms with E-state index >= 15 is 0 Å². The molecule has 0 atom stereocenters. The van der Waals surface area contributed by atoms with Gasteiger partial charge in [-0.2, -0.15) is 0 Å². The lowest BCUT2D eigenvalue weighted by atomic mass is 10.1. The van der Waals surface area contributed by atoms with E-state index in [1.54, 1.807) is 6.26 Å². The van der Waals surface area contributed by atoms with Gasteiger partial charge in [-0.25, -0.2) is 0 Å². The number of hydrogen-bond donors (Lipinski definition) is 0. The Labute approximate surface area is 75.9 Å². The van der Waals surface area contributed by atoms with Crippen LogP contribution in [0.1, 0.15) is 11.1 Å². The van der Waals surface area contributed by atoms with Crippen molar-refractivity contribution >= 4 is 22.6 Å². The molecule has 0 aliphatic carbocycles. The van der Waals surface area contributed by atoms with E-state index < -0.39 is 0 Å². The second-order valence-electron chi connectivity index (χ2n) is 3.02. The molecule has 0 N–H and O–H groups in total. The fourth-order valence-electron chi connectivity index (χ4n) is 1.39. The van der Waals surface area contributed by atoms with E-state index in [0.717, 1.165) is 27.1 Å². The Morgan fingerprint density at radius 1 is 1.17 bits per heavy atom. The number of hydrogen-bond acceptors (Lipinski definition) is 1. The molecule has 0 fully saturated rings. The van der Waals surface area contributed by atoms with Crippen LogP contribution in [-0.4, -0.2) is 0 Å². The highest BCUT2D eigenvalue weighted by atomic mass is 35.5. The van der Waals surface area contributed by atoms with Crippen molar-refractivity contribution in [2.75, 3.05) is 0 Å². The standard InChI is InChI=1S/C10H9ClO/c1-6-3-8(11)4-9-7(2)5-12-10(6)9/h3-5H,1-2H3. The third kappa shape index (κ3) is 1.01. The topological polar surface area (TPSA) is 13.1 Å². The predicted octanol–water partition coefficient (Wildman–Crippen LogP) is 3.70. The van der Waals surface area contributed by atoms with E-state index in [-0.39, 0.29) is 0 Å². The average molecular weight is 181 g/mol. The summed E-state index contributed by atoms with van der Waals surface area (Å²) in [5.41, 5.74) is 3.16. The van der Waals surface area contributed by atoms with Crippen molar-refractivity contribution in [1.29, 1.82) is 0 Å². The molecule has 2 aromatic rings. The Bertz CT molecular complexity index is 429. The van der Waals surface area contributed by atoms with Crippen LogP contribution in [-0.2, 0) is 0 Å². The fraction of sp³-hybridized carbons (Fsp3) is 0.200. The maximum Gasteiger partial charge on any atom is 0.137 e. The van der Waals surface area contributed by atoms with Crippen LogP contribution in [0, 0.1) is 13.8 Å². The van der Waals surface area contributed by atoms with Crippen LogP contribution >= 0.6 is 11.6 Å².